The fourth-order valence-electron chi connectivity index (χ4n) is 3.84. The topological polar surface area (TPSA) is 29.3 Å². The van der Waals surface area contributed by atoms with Gasteiger partial charge in [-0.1, -0.05) is 26.7 Å². The van der Waals surface area contributed by atoms with E-state index < -0.39 is 0 Å². The molecular weight excluding hydrogens is 220 g/mol. The first kappa shape index (κ1) is 14.3. The molecule has 0 amide bonds. The second kappa shape index (κ2) is 5.92. The molecule has 2 heteroatoms. The Bertz CT molecular complexity index is 246. The Kier molecular flexibility index (Phi) is 4.71. The highest BCUT2D eigenvalue weighted by molar-refractivity contribution is 4.86. The SMILES string of the molecule is CN(CC(N)C1CCCC1)C1CCC(C)(C)CC1. The van der Waals surface area contributed by atoms with E-state index >= 15 is 0 Å². The zero-order valence-electron chi connectivity index (χ0n) is 12.6. The lowest BCUT2D eigenvalue weighted by molar-refractivity contribution is 0.117. The minimum atomic E-state index is 0.410. The molecule has 0 radical (unpaired) electrons. The predicted octanol–water partition coefficient (Wildman–Crippen LogP) is 3.40. The Morgan fingerprint density at radius 3 is 2.22 bits per heavy atom. The smallest absolute Gasteiger partial charge is 0.0196 e. The van der Waals surface area contributed by atoms with Crippen LogP contribution in [0, 0.1) is 11.3 Å². The molecule has 0 bridgehead atoms. The van der Waals surface area contributed by atoms with E-state index in [1.165, 1.54) is 51.4 Å². The third-order valence-corrected chi connectivity index (χ3v) is 5.44. The monoisotopic (exact) mass is 252 g/mol. The standard InChI is InChI=1S/C16H32N2/c1-16(2)10-8-14(9-11-16)18(3)12-15(17)13-6-4-5-7-13/h13-15H,4-12,17H2,1-3H3. The summed E-state index contributed by atoms with van der Waals surface area (Å²) in [6.07, 6.45) is 11.0. The van der Waals surface area contributed by atoms with Crippen LogP contribution in [-0.4, -0.2) is 30.6 Å². The quantitative estimate of drug-likeness (QED) is 0.831. The summed E-state index contributed by atoms with van der Waals surface area (Å²) < 4.78 is 0. The largest absolute Gasteiger partial charge is 0.326 e. The van der Waals surface area contributed by atoms with E-state index in [1.807, 2.05) is 0 Å². The van der Waals surface area contributed by atoms with Gasteiger partial charge in [-0.2, -0.15) is 0 Å². The van der Waals surface area contributed by atoms with Crippen molar-refractivity contribution in [2.75, 3.05) is 13.6 Å². The first-order chi connectivity index (χ1) is 8.48. The van der Waals surface area contributed by atoms with Gasteiger partial charge in [0.1, 0.15) is 0 Å². The molecule has 1 unspecified atom stereocenters. The molecule has 0 aromatic carbocycles. The van der Waals surface area contributed by atoms with Gasteiger partial charge in [0.2, 0.25) is 0 Å². The van der Waals surface area contributed by atoms with Gasteiger partial charge in [-0.15, -0.1) is 0 Å². The average molecular weight is 252 g/mol. The zero-order chi connectivity index (χ0) is 13.2. The minimum absolute atomic E-state index is 0.410. The van der Waals surface area contributed by atoms with Crippen LogP contribution in [0.25, 0.3) is 0 Å². The lowest BCUT2D eigenvalue weighted by Crippen LogP contribution is -2.45. The number of rotatable bonds is 4. The minimum Gasteiger partial charge on any atom is -0.326 e. The van der Waals surface area contributed by atoms with E-state index in [0.717, 1.165) is 18.5 Å². The number of likely N-dealkylation sites (N-methyl/N-ethyl adjacent to an activating group) is 1. The summed E-state index contributed by atoms with van der Waals surface area (Å²) in [5.74, 6) is 0.799. The zero-order valence-corrected chi connectivity index (χ0v) is 12.6. The summed E-state index contributed by atoms with van der Waals surface area (Å²) in [6, 6.07) is 1.19. The van der Waals surface area contributed by atoms with Gasteiger partial charge in [-0.25, -0.2) is 0 Å². The molecule has 0 aliphatic heterocycles. The summed E-state index contributed by atoms with van der Waals surface area (Å²) in [5, 5.41) is 0. The van der Waals surface area contributed by atoms with Crippen LogP contribution >= 0.6 is 0 Å². The average Bonchev–Trinajstić information content (AvgIpc) is 2.82. The van der Waals surface area contributed by atoms with E-state index in [2.05, 4.69) is 25.8 Å². The van der Waals surface area contributed by atoms with Crippen molar-refractivity contribution >= 4 is 0 Å². The van der Waals surface area contributed by atoms with Crippen LogP contribution in [0.1, 0.15) is 65.2 Å². The molecule has 2 aliphatic carbocycles. The summed E-state index contributed by atoms with van der Waals surface area (Å²) >= 11 is 0. The van der Waals surface area contributed by atoms with Crippen LogP contribution in [0.15, 0.2) is 0 Å². The molecular formula is C16H32N2. The molecule has 2 rings (SSSR count). The highest BCUT2D eigenvalue weighted by Crippen LogP contribution is 2.37. The first-order valence-electron chi connectivity index (χ1n) is 7.94. The third-order valence-electron chi connectivity index (χ3n) is 5.44. The Morgan fingerprint density at radius 2 is 1.67 bits per heavy atom. The number of nitrogens with zero attached hydrogens (tertiary/aromatic N) is 1. The fraction of sp³-hybridized carbons (Fsp3) is 1.00. The molecule has 106 valence electrons. The lowest BCUT2D eigenvalue weighted by Gasteiger charge is -2.40. The van der Waals surface area contributed by atoms with Gasteiger partial charge in [0.25, 0.3) is 0 Å². The van der Waals surface area contributed by atoms with Crippen molar-refractivity contribution in [3.05, 3.63) is 0 Å². The van der Waals surface area contributed by atoms with Crippen molar-refractivity contribution in [3.63, 3.8) is 0 Å². The van der Waals surface area contributed by atoms with Gasteiger partial charge >= 0.3 is 0 Å². The van der Waals surface area contributed by atoms with Crippen molar-refractivity contribution in [2.45, 2.75) is 77.3 Å². The molecule has 1 atom stereocenters. The molecule has 2 saturated carbocycles. The Labute approximate surface area is 113 Å². The summed E-state index contributed by atoms with van der Waals surface area (Å²) in [4.78, 5) is 2.55. The van der Waals surface area contributed by atoms with E-state index in [1.54, 1.807) is 0 Å². The van der Waals surface area contributed by atoms with Gasteiger partial charge in [0, 0.05) is 18.6 Å². The number of hydrogen-bond acceptors (Lipinski definition) is 2. The molecule has 18 heavy (non-hydrogen) atoms. The van der Waals surface area contributed by atoms with E-state index in [4.69, 9.17) is 5.73 Å². The molecule has 2 nitrogen and oxygen atoms in total. The normalized spacial score (nSPS) is 27.8. The fourth-order valence-corrected chi connectivity index (χ4v) is 3.84. The maximum absolute atomic E-state index is 6.40. The van der Waals surface area contributed by atoms with Gasteiger partial charge in [0.05, 0.1) is 0 Å². The molecule has 0 heterocycles. The summed E-state index contributed by atoms with van der Waals surface area (Å²) in [6.45, 7) is 5.93. The molecule has 0 aromatic heterocycles. The van der Waals surface area contributed by atoms with Crippen LogP contribution in [0.4, 0.5) is 0 Å². The molecule has 2 aliphatic rings. The molecule has 0 aromatic rings. The summed E-state index contributed by atoms with van der Waals surface area (Å²) in [5.41, 5.74) is 6.97. The summed E-state index contributed by atoms with van der Waals surface area (Å²) in [7, 11) is 2.29. The predicted molar refractivity (Wildman–Crippen MR) is 78.6 cm³/mol. The highest BCUT2D eigenvalue weighted by atomic mass is 15.1. The molecule has 2 fully saturated rings. The second-order valence-electron chi connectivity index (χ2n) is 7.54. The number of hydrogen-bond donors (Lipinski definition) is 1. The highest BCUT2D eigenvalue weighted by Gasteiger charge is 2.30. The van der Waals surface area contributed by atoms with Crippen LogP contribution in [-0.2, 0) is 0 Å². The van der Waals surface area contributed by atoms with Gasteiger partial charge in [0.15, 0.2) is 0 Å². The van der Waals surface area contributed by atoms with E-state index in [9.17, 15) is 0 Å². The van der Waals surface area contributed by atoms with Crippen LogP contribution in [0.2, 0.25) is 0 Å². The Balaban J connectivity index is 1.75. The second-order valence-corrected chi connectivity index (χ2v) is 7.54. The van der Waals surface area contributed by atoms with Crippen molar-refractivity contribution in [3.8, 4) is 0 Å². The van der Waals surface area contributed by atoms with E-state index in [0.29, 0.717) is 11.5 Å². The Hall–Kier alpha value is -0.0800. The number of nitrogens with two attached hydrogens (primary N) is 1. The van der Waals surface area contributed by atoms with Gasteiger partial charge in [-0.05, 0) is 56.9 Å². The van der Waals surface area contributed by atoms with E-state index in [-0.39, 0.29) is 0 Å². The van der Waals surface area contributed by atoms with Crippen LogP contribution in [0.3, 0.4) is 0 Å². The van der Waals surface area contributed by atoms with Crippen molar-refractivity contribution in [1.29, 1.82) is 0 Å². The Morgan fingerprint density at radius 1 is 1.11 bits per heavy atom. The van der Waals surface area contributed by atoms with Crippen LogP contribution in [0.5, 0.6) is 0 Å². The van der Waals surface area contributed by atoms with Crippen molar-refractivity contribution < 1.29 is 0 Å². The van der Waals surface area contributed by atoms with Gasteiger partial charge < -0.3 is 10.6 Å². The van der Waals surface area contributed by atoms with Crippen molar-refractivity contribution in [2.24, 2.45) is 17.1 Å². The first-order valence-corrected chi connectivity index (χ1v) is 7.94. The van der Waals surface area contributed by atoms with Crippen molar-refractivity contribution in [1.82, 2.24) is 4.90 Å². The third kappa shape index (κ3) is 3.71. The molecule has 2 N–H and O–H groups in total. The molecule has 0 saturated heterocycles. The maximum atomic E-state index is 6.40. The lowest BCUT2D eigenvalue weighted by atomic mass is 9.75. The maximum Gasteiger partial charge on any atom is 0.0196 e. The van der Waals surface area contributed by atoms with Gasteiger partial charge in [-0.3, -0.25) is 0 Å². The van der Waals surface area contributed by atoms with Crippen LogP contribution < -0.4 is 5.73 Å². The molecule has 0 spiro atoms.